The minimum absolute atomic E-state index is 0.0452. The monoisotopic (exact) mass is 553 g/mol. The van der Waals surface area contributed by atoms with Gasteiger partial charge in [0, 0.05) is 19.1 Å². The minimum atomic E-state index is -0.841. The normalized spacial score (nSPS) is 14.2. The largest absolute Gasteiger partial charge is 0.503 e. The van der Waals surface area contributed by atoms with Crippen LogP contribution in [-0.4, -0.2) is 53.4 Å². The first-order valence-electron chi connectivity index (χ1n) is 11.6. The maximum atomic E-state index is 13.5. The number of hydrogen-bond acceptors (Lipinski definition) is 4. The molecular formula is C26H27Cl2F2N3O4. The van der Waals surface area contributed by atoms with Gasteiger partial charge < -0.3 is 20.6 Å². The highest BCUT2D eigenvalue weighted by atomic mass is 35.5. The molecule has 0 fully saturated rings. The van der Waals surface area contributed by atoms with Crippen LogP contribution in [0.2, 0.25) is 10.0 Å². The van der Waals surface area contributed by atoms with Crippen molar-refractivity contribution < 1.29 is 28.3 Å². The second-order valence-electron chi connectivity index (χ2n) is 8.84. The molecule has 2 aromatic carbocycles. The lowest BCUT2D eigenvalue weighted by Gasteiger charge is -2.17. The summed E-state index contributed by atoms with van der Waals surface area (Å²) in [7, 11) is 0. The fourth-order valence-electron chi connectivity index (χ4n) is 3.91. The van der Waals surface area contributed by atoms with Crippen LogP contribution in [0.1, 0.15) is 30.0 Å². The SMILES string of the molecule is CC(CCc1ccc(Cl)c(Cl)c1)NC(=O)C1=C(O)C(=O)N(CCNC(=O)Cc2cc(F)cc(CF)c2)C1. The molecule has 198 valence electrons. The predicted molar refractivity (Wildman–Crippen MR) is 137 cm³/mol. The summed E-state index contributed by atoms with van der Waals surface area (Å²) in [6.07, 6.45) is 1.08. The number of aliphatic hydroxyl groups excluding tert-OH is 1. The highest BCUT2D eigenvalue weighted by Crippen LogP contribution is 2.23. The van der Waals surface area contributed by atoms with Crippen molar-refractivity contribution >= 4 is 40.9 Å². The smallest absolute Gasteiger partial charge is 0.289 e. The number of amides is 3. The van der Waals surface area contributed by atoms with Crippen molar-refractivity contribution in [1.82, 2.24) is 15.5 Å². The van der Waals surface area contributed by atoms with Gasteiger partial charge in [-0.25, -0.2) is 8.78 Å². The van der Waals surface area contributed by atoms with E-state index in [-0.39, 0.29) is 43.2 Å². The van der Waals surface area contributed by atoms with E-state index in [4.69, 9.17) is 23.2 Å². The van der Waals surface area contributed by atoms with Crippen LogP contribution in [-0.2, 0) is 33.9 Å². The summed E-state index contributed by atoms with van der Waals surface area (Å²) in [5.41, 5.74) is 1.38. The van der Waals surface area contributed by atoms with Crippen molar-refractivity contribution in [2.75, 3.05) is 19.6 Å². The van der Waals surface area contributed by atoms with Crippen molar-refractivity contribution in [3.63, 3.8) is 0 Å². The molecule has 3 N–H and O–H groups in total. The maximum absolute atomic E-state index is 13.5. The molecule has 1 aliphatic heterocycles. The van der Waals surface area contributed by atoms with E-state index in [9.17, 15) is 28.3 Å². The molecule has 0 aromatic heterocycles. The van der Waals surface area contributed by atoms with E-state index in [0.717, 1.165) is 17.7 Å². The molecule has 0 bridgehead atoms. The Kier molecular flexibility index (Phi) is 9.88. The highest BCUT2D eigenvalue weighted by Gasteiger charge is 2.34. The molecule has 2 aromatic rings. The van der Waals surface area contributed by atoms with Gasteiger partial charge >= 0.3 is 0 Å². The van der Waals surface area contributed by atoms with E-state index in [1.807, 2.05) is 13.0 Å². The number of nitrogens with zero attached hydrogens (tertiary/aromatic N) is 1. The van der Waals surface area contributed by atoms with Crippen molar-refractivity contribution in [1.29, 1.82) is 0 Å². The average Bonchev–Trinajstić information content (AvgIpc) is 3.13. The van der Waals surface area contributed by atoms with Crippen molar-refractivity contribution in [2.45, 2.75) is 38.9 Å². The second-order valence-corrected chi connectivity index (χ2v) is 9.66. The minimum Gasteiger partial charge on any atom is -0.503 e. The van der Waals surface area contributed by atoms with Crippen LogP contribution in [0.5, 0.6) is 0 Å². The van der Waals surface area contributed by atoms with Gasteiger partial charge in [0.05, 0.1) is 28.6 Å². The molecule has 1 aliphatic rings. The number of nitrogens with one attached hydrogen (secondary N) is 2. The van der Waals surface area contributed by atoms with E-state index in [0.29, 0.717) is 28.5 Å². The van der Waals surface area contributed by atoms with Crippen LogP contribution in [0, 0.1) is 5.82 Å². The van der Waals surface area contributed by atoms with Crippen LogP contribution >= 0.6 is 23.2 Å². The lowest BCUT2D eigenvalue weighted by molar-refractivity contribution is -0.128. The van der Waals surface area contributed by atoms with Crippen LogP contribution in [0.3, 0.4) is 0 Å². The highest BCUT2D eigenvalue weighted by molar-refractivity contribution is 6.42. The lowest BCUT2D eigenvalue weighted by Crippen LogP contribution is -2.38. The molecule has 1 unspecified atom stereocenters. The molecule has 0 saturated carbocycles. The lowest BCUT2D eigenvalue weighted by atomic mass is 10.1. The van der Waals surface area contributed by atoms with Crippen LogP contribution in [0.25, 0.3) is 0 Å². The summed E-state index contributed by atoms with van der Waals surface area (Å²) in [5, 5.41) is 16.5. The zero-order chi connectivity index (χ0) is 27.1. The molecule has 0 spiro atoms. The first-order chi connectivity index (χ1) is 17.6. The molecule has 0 radical (unpaired) electrons. The molecule has 1 atom stereocenters. The Labute approximate surface area is 223 Å². The Bertz CT molecular complexity index is 1220. The summed E-state index contributed by atoms with van der Waals surface area (Å²) < 4.78 is 26.3. The van der Waals surface area contributed by atoms with Gasteiger partial charge in [-0.15, -0.1) is 0 Å². The van der Waals surface area contributed by atoms with Gasteiger partial charge in [-0.3, -0.25) is 14.4 Å². The van der Waals surface area contributed by atoms with E-state index >= 15 is 0 Å². The van der Waals surface area contributed by atoms with Gasteiger partial charge in [-0.2, -0.15) is 0 Å². The van der Waals surface area contributed by atoms with Crippen LogP contribution < -0.4 is 10.6 Å². The van der Waals surface area contributed by atoms with Gasteiger partial charge in [-0.05, 0) is 60.7 Å². The Hall–Kier alpha value is -3.17. The number of benzene rings is 2. The van der Waals surface area contributed by atoms with Crippen LogP contribution in [0.15, 0.2) is 47.7 Å². The van der Waals surface area contributed by atoms with Gasteiger partial charge in [0.1, 0.15) is 12.5 Å². The predicted octanol–water partition coefficient (Wildman–Crippen LogP) is 4.05. The fourth-order valence-corrected chi connectivity index (χ4v) is 4.23. The van der Waals surface area contributed by atoms with E-state index in [1.165, 1.54) is 11.0 Å². The summed E-state index contributed by atoms with van der Waals surface area (Å²) in [5.74, 6) is -2.95. The van der Waals surface area contributed by atoms with E-state index < -0.39 is 36.0 Å². The standard InChI is InChI=1S/C26H27Cl2F2N3O4/c1-15(2-3-16-4-5-21(27)22(28)11-16)32-25(36)20-14-33(26(37)24(20)35)7-6-31-23(34)12-17-8-18(13-29)10-19(30)9-17/h4-5,8-11,15,35H,2-3,6-7,12-14H2,1H3,(H,31,34)(H,32,36). The second kappa shape index (κ2) is 12.9. The number of hydrogen-bond donors (Lipinski definition) is 3. The Morgan fingerprint density at radius 1 is 1.11 bits per heavy atom. The molecular weight excluding hydrogens is 527 g/mol. The number of alkyl halides is 1. The number of carbonyl (C=O) groups is 3. The molecule has 3 amide bonds. The van der Waals surface area contributed by atoms with Crippen molar-refractivity contribution in [3.8, 4) is 0 Å². The number of carbonyl (C=O) groups excluding carboxylic acids is 3. The first kappa shape index (κ1) is 28.4. The third-order valence-electron chi connectivity index (χ3n) is 5.87. The molecule has 7 nitrogen and oxygen atoms in total. The summed E-state index contributed by atoms with van der Waals surface area (Å²) in [6, 6.07) is 8.69. The van der Waals surface area contributed by atoms with Gasteiger partial charge in [-0.1, -0.05) is 35.3 Å². The summed E-state index contributed by atoms with van der Waals surface area (Å²) in [6.45, 7) is 0.975. The fraction of sp³-hybridized carbons (Fsp3) is 0.346. The molecule has 0 saturated heterocycles. The topological polar surface area (TPSA) is 98.7 Å². The molecule has 11 heteroatoms. The first-order valence-corrected chi connectivity index (χ1v) is 12.4. The van der Waals surface area contributed by atoms with Gasteiger partial charge in [0.25, 0.3) is 11.8 Å². The average molecular weight is 554 g/mol. The van der Waals surface area contributed by atoms with Crippen molar-refractivity contribution in [2.24, 2.45) is 0 Å². The van der Waals surface area contributed by atoms with E-state index in [1.54, 1.807) is 12.1 Å². The van der Waals surface area contributed by atoms with E-state index in [2.05, 4.69) is 10.6 Å². The quantitative estimate of drug-likeness (QED) is 0.391. The Balaban J connectivity index is 1.44. The van der Waals surface area contributed by atoms with Gasteiger partial charge in [0.2, 0.25) is 5.91 Å². The zero-order valence-electron chi connectivity index (χ0n) is 20.1. The van der Waals surface area contributed by atoms with Crippen molar-refractivity contribution in [3.05, 3.63) is 80.3 Å². The molecule has 0 aliphatic carbocycles. The molecule has 3 rings (SSSR count). The third kappa shape index (κ3) is 7.90. The Morgan fingerprint density at radius 2 is 1.84 bits per heavy atom. The molecule has 1 heterocycles. The van der Waals surface area contributed by atoms with Crippen LogP contribution in [0.4, 0.5) is 8.78 Å². The summed E-state index contributed by atoms with van der Waals surface area (Å²) in [4.78, 5) is 38.4. The number of halogens is 4. The Morgan fingerprint density at radius 3 is 2.54 bits per heavy atom. The number of aliphatic hydroxyl groups is 1. The zero-order valence-corrected chi connectivity index (χ0v) is 21.6. The summed E-state index contributed by atoms with van der Waals surface area (Å²) >= 11 is 12.0. The number of rotatable bonds is 11. The van der Waals surface area contributed by atoms with Gasteiger partial charge in [0.15, 0.2) is 5.76 Å². The maximum Gasteiger partial charge on any atom is 0.289 e. The third-order valence-corrected chi connectivity index (χ3v) is 6.61. The number of aryl methyl sites for hydroxylation is 1. The molecule has 37 heavy (non-hydrogen) atoms.